The van der Waals surface area contributed by atoms with Gasteiger partial charge in [-0.15, -0.1) is 12.4 Å². The molecule has 1 aromatic carbocycles. The van der Waals surface area contributed by atoms with E-state index < -0.39 is 9.84 Å². The highest BCUT2D eigenvalue weighted by molar-refractivity contribution is 7.90. The van der Waals surface area contributed by atoms with E-state index in [1.54, 1.807) is 24.3 Å². The number of carbonyl (C=O) groups excluding carboxylic acids is 1. The minimum Gasteiger partial charge on any atom is -0.375 e. The monoisotopic (exact) mass is 348 g/mol. The van der Waals surface area contributed by atoms with Crippen LogP contribution < -0.4 is 10.6 Å². The van der Waals surface area contributed by atoms with Crippen molar-refractivity contribution in [2.24, 2.45) is 0 Å². The van der Waals surface area contributed by atoms with E-state index in [1.807, 2.05) is 0 Å². The van der Waals surface area contributed by atoms with Crippen LogP contribution in [-0.2, 0) is 25.9 Å². The average Bonchev–Trinajstić information content (AvgIpc) is 2.46. The Bertz CT molecular complexity index is 583. The summed E-state index contributed by atoms with van der Waals surface area (Å²) in [5.74, 6) is -0.0733. The molecule has 1 fully saturated rings. The molecular weight excluding hydrogens is 328 g/mol. The standard InChI is InChI=1S/C14H20N2O4S.ClH/c1-21(18,19)13-4-2-11(3-5-13)9-16-14(17)8-12-10-15-6-7-20-12;/h2-5,12,15H,6-10H2,1H3,(H,16,17);1H. The van der Waals surface area contributed by atoms with E-state index in [0.29, 0.717) is 26.1 Å². The summed E-state index contributed by atoms with van der Waals surface area (Å²) in [6.07, 6.45) is 1.42. The van der Waals surface area contributed by atoms with E-state index in [-0.39, 0.29) is 29.3 Å². The molecule has 0 radical (unpaired) electrons. The predicted octanol–water partition coefficient (Wildman–Crippen LogP) is 0.507. The summed E-state index contributed by atoms with van der Waals surface area (Å²) in [6.45, 7) is 2.52. The Balaban J connectivity index is 0.00000242. The van der Waals surface area contributed by atoms with Gasteiger partial charge in [0.2, 0.25) is 5.91 Å². The predicted molar refractivity (Wildman–Crippen MR) is 85.9 cm³/mol. The second-order valence-electron chi connectivity index (χ2n) is 5.09. The molecule has 124 valence electrons. The molecule has 2 N–H and O–H groups in total. The smallest absolute Gasteiger partial charge is 0.222 e. The van der Waals surface area contributed by atoms with Gasteiger partial charge in [0.05, 0.1) is 24.0 Å². The van der Waals surface area contributed by atoms with Crippen LogP contribution in [0.4, 0.5) is 0 Å². The van der Waals surface area contributed by atoms with E-state index in [0.717, 1.165) is 12.1 Å². The van der Waals surface area contributed by atoms with Gasteiger partial charge in [-0.1, -0.05) is 12.1 Å². The van der Waals surface area contributed by atoms with Crippen LogP contribution in [0.3, 0.4) is 0 Å². The lowest BCUT2D eigenvalue weighted by molar-refractivity contribution is -0.124. The fourth-order valence-corrected chi connectivity index (χ4v) is 2.72. The van der Waals surface area contributed by atoms with Crippen molar-refractivity contribution in [3.63, 3.8) is 0 Å². The molecule has 1 saturated heterocycles. The fourth-order valence-electron chi connectivity index (χ4n) is 2.08. The Morgan fingerprint density at radius 3 is 2.59 bits per heavy atom. The largest absolute Gasteiger partial charge is 0.375 e. The highest BCUT2D eigenvalue weighted by Gasteiger charge is 2.17. The van der Waals surface area contributed by atoms with Crippen LogP contribution in [0.2, 0.25) is 0 Å². The summed E-state index contributed by atoms with van der Waals surface area (Å²) in [5, 5.41) is 5.98. The Hall–Kier alpha value is -1.15. The van der Waals surface area contributed by atoms with Crippen molar-refractivity contribution in [2.75, 3.05) is 26.0 Å². The van der Waals surface area contributed by atoms with Crippen molar-refractivity contribution < 1.29 is 17.9 Å². The molecular formula is C14H21ClN2O4S. The molecule has 8 heteroatoms. The summed E-state index contributed by atoms with van der Waals surface area (Å²) in [6, 6.07) is 6.50. The zero-order valence-corrected chi connectivity index (χ0v) is 14.0. The first-order chi connectivity index (χ1) is 9.95. The van der Waals surface area contributed by atoms with Crippen LogP contribution in [0.1, 0.15) is 12.0 Å². The number of hydrogen-bond acceptors (Lipinski definition) is 5. The second kappa shape index (κ2) is 8.47. The van der Waals surface area contributed by atoms with E-state index in [2.05, 4.69) is 10.6 Å². The Morgan fingerprint density at radius 1 is 1.36 bits per heavy atom. The number of hydrogen-bond donors (Lipinski definition) is 2. The van der Waals surface area contributed by atoms with Crippen LogP contribution in [0.15, 0.2) is 29.2 Å². The third-order valence-corrected chi connectivity index (χ3v) is 4.39. The van der Waals surface area contributed by atoms with E-state index >= 15 is 0 Å². The highest BCUT2D eigenvalue weighted by Crippen LogP contribution is 2.10. The third kappa shape index (κ3) is 5.92. The molecule has 1 unspecified atom stereocenters. The number of amides is 1. The maximum Gasteiger partial charge on any atom is 0.222 e. The van der Waals surface area contributed by atoms with Gasteiger partial charge < -0.3 is 15.4 Å². The molecule has 6 nitrogen and oxygen atoms in total. The summed E-state index contributed by atoms with van der Waals surface area (Å²) < 4.78 is 28.1. The Kier molecular flexibility index (Phi) is 7.28. The summed E-state index contributed by atoms with van der Waals surface area (Å²) >= 11 is 0. The fraction of sp³-hybridized carbons (Fsp3) is 0.500. The molecule has 0 aliphatic carbocycles. The molecule has 1 aliphatic heterocycles. The zero-order valence-electron chi connectivity index (χ0n) is 12.4. The topological polar surface area (TPSA) is 84.5 Å². The average molecular weight is 349 g/mol. The number of rotatable bonds is 5. The van der Waals surface area contributed by atoms with Crippen LogP contribution >= 0.6 is 12.4 Å². The first kappa shape index (κ1) is 18.9. The van der Waals surface area contributed by atoms with Crippen LogP contribution in [0.25, 0.3) is 0 Å². The van der Waals surface area contributed by atoms with E-state index in [9.17, 15) is 13.2 Å². The lowest BCUT2D eigenvalue weighted by Gasteiger charge is -2.23. The maximum atomic E-state index is 11.8. The molecule has 1 amide bonds. The highest BCUT2D eigenvalue weighted by atomic mass is 35.5. The van der Waals surface area contributed by atoms with Gasteiger partial charge in [0.15, 0.2) is 9.84 Å². The van der Waals surface area contributed by atoms with Gasteiger partial charge in [-0.3, -0.25) is 4.79 Å². The maximum absolute atomic E-state index is 11.8. The number of halogens is 1. The second-order valence-corrected chi connectivity index (χ2v) is 7.11. The molecule has 1 aliphatic rings. The normalized spacial score (nSPS) is 18.3. The van der Waals surface area contributed by atoms with Crippen molar-refractivity contribution in [3.8, 4) is 0 Å². The third-order valence-electron chi connectivity index (χ3n) is 3.26. The zero-order chi connectivity index (χ0) is 15.3. The van der Waals surface area contributed by atoms with Crippen molar-refractivity contribution >= 4 is 28.2 Å². The quantitative estimate of drug-likeness (QED) is 0.809. The lowest BCUT2D eigenvalue weighted by Crippen LogP contribution is -2.41. The molecule has 1 aromatic rings. The van der Waals surface area contributed by atoms with Gasteiger partial charge in [-0.2, -0.15) is 0 Å². The number of carbonyl (C=O) groups is 1. The van der Waals surface area contributed by atoms with Crippen molar-refractivity contribution in [1.29, 1.82) is 0 Å². The number of sulfone groups is 1. The van der Waals surface area contributed by atoms with Gasteiger partial charge >= 0.3 is 0 Å². The lowest BCUT2D eigenvalue weighted by atomic mass is 10.2. The van der Waals surface area contributed by atoms with E-state index in [1.165, 1.54) is 6.26 Å². The SMILES string of the molecule is CS(=O)(=O)c1ccc(CNC(=O)CC2CNCCO2)cc1.Cl. The molecule has 0 spiro atoms. The van der Waals surface area contributed by atoms with Crippen LogP contribution in [0, 0.1) is 0 Å². The van der Waals surface area contributed by atoms with Gasteiger partial charge in [-0.25, -0.2) is 8.42 Å². The first-order valence-corrected chi connectivity index (χ1v) is 8.72. The van der Waals surface area contributed by atoms with Crippen molar-refractivity contribution in [3.05, 3.63) is 29.8 Å². The minimum absolute atomic E-state index is 0. The minimum atomic E-state index is -3.18. The van der Waals surface area contributed by atoms with Crippen molar-refractivity contribution in [2.45, 2.75) is 24.0 Å². The van der Waals surface area contributed by atoms with Crippen LogP contribution in [-0.4, -0.2) is 46.4 Å². The number of ether oxygens (including phenoxy) is 1. The number of morpholine rings is 1. The molecule has 22 heavy (non-hydrogen) atoms. The summed E-state index contributed by atoms with van der Waals surface area (Å²) in [7, 11) is -3.18. The van der Waals surface area contributed by atoms with E-state index in [4.69, 9.17) is 4.74 Å². The van der Waals surface area contributed by atoms with Gasteiger partial charge in [-0.05, 0) is 17.7 Å². The molecule has 2 rings (SSSR count). The summed E-state index contributed by atoms with van der Waals surface area (Å²) in [5.41, 5.74) is 0.860. The first-order valence-electron chi connectivity index (χ1n) is 6.83. The Labute approximate surface area is 136 Å². The Morgan fingerprint density at radius 2 is 2.05 bits per heavy atom. The summed E-state index contributed by atoms with van der Waals surface area (Å²) in [4.78, 5) is 12.1. The molecule has 0 saturated carbocycles. The van der Waals surface area contributed by atoms with Crippen molar-refractivity contribution in [1.82, 2.24) is 10.6 Å². The number of benzene rings is 1. The number of nitrogens with one attached hydrogen (secondary N) is 2. The van der Waals surface area contributed by atoms with Gasteiger partial charge in [0.1, 0.15) is 0 Å². The van der Waals surface area contributed by atoms with Crippen LogP contribution in [0.5, 0.6) is 0 Å². The van der Waals surface area contributed by atoms with Gasteiger partial charge in [0, 0.05) is 25.9 Å². The molecule has 1 heterocycles. The molecule has 1 atom stereocenters. The molecule has 0 aromatic heterocycles. The molecule has 0 bridgehead atoms. The van der Waals surface area contributed by atoms with Gasteiger partial charge in [0.25, 0.3) is 0 Å².